The molecular weight excluding hydrogens is 210 g/mol. The molecule has 2 rings (SSSR count). The molecule has 0 unspecified atom stereocenters. The monoisotopic (exact) mass is 225 g/mol. The number of para-hydroxylation sites is 1. The van der Waals surface area contributed by atoms with Crippen LogP contribution in [0.15, 0.2) is 18.2 Å². The highest BCUT2D eigenvalue weighted by molar-refractivity contribution is 6.33. The third-order valence-corrected chi connectivity index (χ3v) is 3.16. The Labute approximate surface area is 95.5 Å². The van der Waals surface area contributed by atoms with E-state index in [0.717, 1.165) is 28.7 Å². The van der Waals surface area contributed by atoms with Crippen LogP contribution in [0.4, 0.5) is 5.69 Å². The standard InChI is InChI=1S/C12H16ClNO/c1-14(7-9-5-6-9)12-10(8-15)3-2-4-11(12)13/h2-4,9,15H,5-8H2,1H3. The van der Waals surface area contributed by atoms with Gasteiger partial charge in [0.15, 0.2) is 0 Å². The molecular formula is C12H16ClNO. The molecule has 3 heteroatoms. The fourth-order valence-corrected chi connectivity index (χ4v) is 2.23. The van der Waals surface area contributed by atoms with Gasteiger partial charge in [-0.15, -0.1) is 0 Å². The highest BCUT2D eigenvalue weighted by Gasteiger charge is 2.24. The summed E-state index contributed by atoms with van der Waals surface area (Å²) in [6.07, 6.45) is 2.65. The zero-order chi connectivity index (χ0) is 10.8. The predicted octanol–water partition coefficient (Wildman–Crippen LogP) is 2.68. The van der Waals surface area contributed by atoms with Gasteiger partial charge in [-0.1, -0.05) is 23.7 Å². The Hall–Kier alpha value is -0.730. The number of hydrogen-bond donors (Lipinski definition) is 1. The lowest BCUT2D eigenvalue weighted by molar-refractivity contribution is 0.282. The molecule has 0 heterocycles. The molecule has 0 radical (unpaired) electrons. The van der Waals surface area contributed by atoms with Crippen LogP contribution < -0.4 is 4.90 Å². The lowest BCUT2D eigenvalue weighted by atomic mass is 10.1. The van der Waals surface area contributed by atoms with Crippen LogP contribution in [0, 0.1) is 5.92 Å². The van der Waals surface area contributed by atoms with E-state index in [1.54, 1.807) is 0 Å². The van der Waals surface area contributed by atoms with Gasteiger partial charge in [0.2, 0.25) is 0 Å². The maximum Gasteiger partial charge on any atom is 0.0702 e. The molecule has 1 aromatic carbocycles. The minimum absolute atomic E-state index is 0.0465. The van der Waals surface area contributed by atoms with E-state index in [1.807, 2.05) is 25.2 Å². The zero-order valence-corrected chi connectivity index (χ0v) is 9.67. The van der Waals surface area contributed by atoms with Crippen LogP contribution in [-0.2, 0) is 6.61 Å². The average molecular weight is 226 g/mol. The number of anilines is 1. The van der Waals surface area contributed by atoms with Crippen molar-refractivity contribution in [2.45, 2.75) is 19.4 Å². The molecule has 2 nitrogen and oxygen atoms in total. The van der Waals surface area contributed by atoms with Crippen LogP contribution in [0.1, 0.15) is 18.4 Å². The van der Waals surface area contributed by atoms with Crippen molar-refractivity contribution in [2.75, 3.05) is 18.5 Å². The van der Waals surface area contributed by atoms with Crippen molar-refractivity contribution in [1.29, 1.82) is 0 Å². The number of halogens is 1. The van der Waals surface area contributed by atoms with Crippen molar-refractivity contribution >= 4 is 17.3 Å². The van der Waals surface area contributed by atoms with Gasteiger partial charge < -0.3 is 10.0 Å². The molecule has 82 valence electrons. The van der Waals surface area contributed by atoms with E-state index < -0.39 is 0 Å². The lowest BCUT2D eigenvalue weighted by Crippen LogP contribution is -2.21. The van der Waals surface area contributed by atoms with E-state index in [4.69, 9.17) is 11.6 Å². The van der Waals surface area contributed by atoms with E-state index in [1.165, 1.54) is 12.8 Å². The highest BCUT2D eigenvalue weighted by atomic mass is 35.5. The van der Waals surface area contributed by atoms with Gasteiger partial charge >= 0.3 is 0 Å². The Morgan fingerprint density at radius 1 is 1.47 bits per heavy atom. The summed E-state index contributed by atoms with van der Waals surface area (Å²) in [5, 5.41) is 9.98. The van der Waals surface area contributed by atoms with Gasteiger partial charge in [0.05, 0.1) is 17.3 Å². The van der Waals surface area contributed by atoms with E-state index >= 15 is 0 Å². The first kappa shape index (κ1) is 10.8. The van der Waals surface area contributed by atoms with Crippen molar-refractivity contribution in [3.05, 3.63) is 28.8 Å². The number of aliphatic hydroxyl groups is 1. The summed E-state index contributed by atoms with van der Waals surface area (Å²) in [5.41, 5.74) is 1.89. The van der Waals surface area contributed by atoms with E-state index in [0.29, 0.717) is 0 Å². The second-order valence-electron chi connectivity index (χ2n) is 4.23. The number of hydrogen-bond acceptors (Lipinski definition) is 2. The van der Waals surface area contributed by atoms with Crippen molar-refractivity contribution in [2.24, 2.45) is 5.92 Å². The van der Waals surface area contributed by atoms with Gasteiger partial charge in [0, 0.05) is 19.2 Å². The smallest absolute Gasteiger partial charge is 0.0702 e. The largest absolute Gasteiger partial charge is 0.392 e. The maximum atomic E-state index is 9.26. The first-order chi connectivity index (χ1) is 7.22. The minimum Gasteiger partial charge on any atom is -0.392 e. The molecule has 0 atom stereocenters. The second-order valence-corrected chi connectivity index (χ2v) is 4.64. The summed E-state index contributed by atoms with van der Waals surface area (Å²) in [7, 11) is 2.04. The summed E-state index contributed by atoms with van der Waals surface area (Å²) in [6.45, 7) is 1.08. The summed E-state index contributed by atoms with van der Waals surface area (Å²) >= 11 is 6.15. The molecule has 0 aromatic heterocycles. The fourth-order valence-electron chi connectivity index (χ4n) is 1.89. The topological polar surface area (TPSA) is 23.5 Å². The first-order valence-electron chi connectivity index (χ1n) is 5.31. The molecule has 1 N–H and O–H groups in total. The van der Waals surface area contributed by atoms with Gasteiger partial charge in [-0.3, -0.25) is 0 Å². The molecule has 0 saturated heterocycles. The van der Waals surface area contributed by atoms with Crippen molar-refractivity contribution < 1.29 is 5.11 Å². The summed E-state index contributed by atoms with van der Waals surface area (Å²) in [5.74, 6) is 0.817. The SMILES string of the molecule is CN(CC1CC1)c1c(Cl)cccc1CO. The average Bonchev–Trinajstić information content (AvgIpc) is 3.00. The molecule has 0 bridgehead atoms. The van der Waals surface area contributed by atoms with Crippen LogP contribution >= 0.6 is 11.6 Å². The van der Waals surface area contributed by atoms with E-state index in [9.17, 15) is 5.11 Å². The van der Waals surface area contributed by atoms with Crippen LogP contribution in [-0.4, -0.2) is 18.7 Å². The summed E-state index contributed by atoms with van der Waals surface area (Å²) < 4.78 is 0. The van der Waals surface area contributed by atoms with Gasteiger partial charge in [-0.2, -0.15) is 0 Å². The number of nitrogens with zero attached hydrogens (tertiary/aromatic N) is 1. The Kier molecular flexibility index (Phi) is 3.17. The van der Waals surface area contributed by atoms with Crippen molar-refractivity contribution in [1.82, 2.24) is 0 Å². The molecule has 0 spiro atoms. The molecule has 0 amide bonds. The molecule has 1 fully saturated rings. The van der Waals surface area contributed by atoms with Gasteiger partial charge in [-0.25, -0.2) is 0 Å². The Morgan fingerprint density at radius 2 is 2.20 bits per heavy atom. The van der Waals surface area contributed by atoms with Gasteiger partial charge in [0.25, 0.3) is 0 Å². The van der Waals surface area contributed by atoms with Crippen LogP contribution in [0.2, 0.25) is 5.02 Å². The predicted molar refractivity (Wildman–Crippen MR) is 63.4 cm³/mol. The number of aliphatic hydroxyl groups excluding tert-OH is 1. The molecule has 0 aliphatic heterocycles. The van der Waals surface area contributed by atoms with E-state index in [2.05, 4.69) is 4.90 Å². The minimum atomic E-state index is 0.0465. The molecule has 1 aromatic rings. The second kappa shape index (κ2) is 4.42. The normalized spacial score (nSPS) is 15.4. The van der Waals surface area contributed by atoms with Crippen LogP contribution in [0.5, 0.6) is 0 Å². The summed E-state index contributed by atoms with van der Waals surface area (Å²) in [4.78, 5) is 2.16. The third-order valence-electron chi connectivity index (χ3n) is 2.85. The fraction of sp³-hybridized carbons (Fsp3) is 0.500. The third kappa shape index (κ3) is 2.44. The number of rotatable bonds is 4. The highest BCUT2D eigenvalue weighted by Crippen LogP contribution is 2.34. The molecule has 1 saturated carbocycles. The quantitative estimate of drug-likeness (QED) is 0.852. The van der Waals surface area contributed by atoms with E-state index in [-0.39, 0.29) is 6.61 Å². The molecule has 1 aliphatic rings. The van der Waals surface area contributed by atoms with Crippen molar-refractivity contribution in [3.8, 4) is 0 Å². The van der Waals surface area contributed by atoms with Gasteiger partial charge in [-0.05, 0) is 24.8 Å². The van der Waals surface area contributed by atoms with Crippen molar-refractivity contribution in [3.63, 3.8) is 0 Å². The zero-order valence-electron chi connectivity index (χ0n) is 8.91. The summed E-state index contributed by atoms with van der Waals surface area (Å²) in [6, 6.07) is 5.67. The molecule has 15 heavy (non-hydrogen) atoms. The van der Waals surface area contributed by atoms with Crippen LogP contribution in [0.25, 0.3) is 0 Å². The lowest BCUT2D eigenvalue weighted by Gasteiger charge is -2.23. The van der Waals surface area contributed by atoms with Crippen LogP contribution in [0.3, 0.4) is 0 Å². The van der Waals surface area contributed by atoms with Gasteiger partial charge in [0.1, 0.15) is 0 Å². The Morgan fingerprint density at radius 3 is 2.80 bits per heavy atom. The maximum absolute atomic E-state index is 9.26. The Bertz CT molecular complexity index is 349. The Balaban J connectivity index is 2.22. The number of benzene rings is 1. The first-order valence-corrected chi connectivity index (χ1v) is 5.69. The molecule has 1 aliphatic carbocycles.